The quantitative estimate of drug-likeness (QED) is 0.682. The Labute approximate surface area is 84.5 Å². The van der Waals surface area contributed by atoms with Crippen molar-refractivity contribution in [3.05, 3.63) is 40.1 Å². The highest BCUT2D eigenvalue weighted by Gasteiger charge is 2.19. The van der Waals surface area contributed by atoms with Crippen LogP contribution < -0.4 is 10.2 Å². The maximum atomic E-state index is 11.6. The minimum atomic E-state index is -0.0798. The van der Waals surface area contributed by atoms with Gasteiger partial charge in [-0.2, -0.15) is 0 Å². The summed E-state index contributed by atoms with van der Waals surface area (Å²) in [5.74, 6) is 0.447. The van der Waals surface area contributed by atoms with Crippen molar-refractivity contribution in [2.24, 2.45) is 0 Å². The van der Waals surface area contributed by atoms with E-state index in [-0.39, 0.29) is 10.8 Å². The van der Waals surface area contributed by atoms with Crippen LogP contribution in [0.15, 0.2) is 29.1 Å². The molecule has 0 radical (unpaired) electrons. The third-order valence-electron chi connectivity index (χ3n) is 2.10. The van der Waals surface area contributed by atoms with E-state index < -0.39 is 0 Å². The van der Waals surface area contributed by atoms with Crippen molar-refractivity contribution in [3.63, 3.8) is 0 Å². The van der Waals surface area contributed by atoms with E-state index in [4.69, 9.17) is 4.74 Å². The van der Waals surface area contributed by atoms with Crippen LogP contribution in [-0.4, -0.2) is 7.11 Å². The first kappa shape index (κ1) is 10.8. The van der Waals surface area contributed by atoms with Crippen LogP contribution in [0.1, 0.15) is 26.3 Å². The molecule has 0 heterocycles. The Bertz CT molecular complexity index is 375. The lowest BCUT2D eigenvalue weighted by molar-refractivity contribution is 0.394. The van der Waals surface area contributed by atoms with E-state index in [1.54, 1.807) is 6.07 Å². The molecule has 2 nitrogen and oxygen atoms in total. The van der Waals surface area contributed by atoms with E-state index >= 15 is 0 Å². The van der Waals surface area contributed by atoms with Crippen LogP contribution in [0, 0.1) is 0 Å². The molecule has 2 heteroatoms. The van der Waals surface area contributed by atoms with Crippen molar-refractivity contribution in [2.45, 2.75) is 26.2 Å². The first-order chi connectivity index (χ1) is 6.46. The lowest BCUT2D eigenvalue weighted by Gasteiger charge is -2.19. The standard InChI is InChI=1S/C12H16O2/c1-12(2,3)9-7-5-6-8-10(13)11(9)14-4/h5-8H,1-4H3. The van der Waals surface area contributed by atoms with Crippen LogP contribution >= 0.6 is 0 Å². The molecule has 0 unspecified atom stereocenters. The van der Waals surface area contributed by atoms with Gasteiger partial charge in [0.05, 0.1) is 7.11 Å². The monoisotopic (exact) mass is 192 g/mol. The molecule has 0 bridgehead atoms. The van der Waals surface area contributed by atoms with Crippen molar-refractivity contribution < 1.29 is 4.74 Å². The molecular formula is C12H16O2. The van der Waals surface area contributed by atoms with Gasteiger partial charge in [-0.3, -0.25) is 4.79 Å². The van der Waals surface area contributed by atoms with Crippen LogP contribution in [0.5, 0.6) is 5.75 Å². The Morgan fingerprint density at radius 1 is 1.14 bits per heavy atom. The predicted molar refractivity (Wildman–Crippen MR) is 58.0 cm³/mol. The minimum Gasteiger partial charge on any atom is -0.492 e. The fourth-order valence-electron chi connectivity index (χ4n) is 1.38. The average molecular weight is 192 g/mol. The molecular weight excluding hydrogens is 176 g/mol. The van der Waals surface area contributed by atoms with Gasteiger partial charge >= 0.3 is 0 Å². The lowest BCUT2D eigenvalue weighted by Crippen LogP contribution is -2.15. The number of methoxy groups -OCH3 is 1. The maximum absolute atomic E-state index is 11.6. The number of hydrogen-bond donors (Lipinski definition) is 0. The number of hydrogen-bond acceptors (Lipinski definition) is 2. The zero-order valence-electron chi connectivity index (χ0n) is 9.13. The third kappa shape index (κ3) is 2.13. The molecule has 1 aromatic carbocycles. The number of rotatable bonds is 1. The van der Waals surface area contributed by atoms with Gasteiger partial charge in [0.25, 0.3) is 0 Å². The van der Waals surface area contributed by atoms with Gasteiger partial charge in [-0.25, -0.2) is 0 Å². The van der Waals surface area contributed by atoms with E-state index in [0.717, 1.165) is 5.56 Å². The molecule has 0 saturated heterocycles. The molecule has 0 spiro atoms. The van der Waals surface area contributed by atoms with Crippen LogP contribution in [-0.2, 0) is 5.41 Å². The van der Waals surface area contributed by atoms with E-state index in [1.165, 1.54) is 13.2 Å². The summed E-state index contributed by atoms with van der Waals surface area (Å²) in [6.45, 7) is 6.18. The smallest absolute Gasteiger partial charge is 0.220 e. The molecule has 0 aliphatic carbocycles. The van der Waals surface area contributed by atoms with Gasteiger partial charge in [0.15, 0.2) is 5.75 Å². The first-order valence-corrected chi connectivity index (χ1v) is 4.64. The lowest BCUT2D eigenvalue weighted by atomic mass is 9.87. The van der Waals surface area contributed by atoms with Gasteiger partial charge in [0, 0.05) is 5.56 Å². The van der Waals surface area contributed by atoms with Crippen LogP contribution in [0.2, 0.25) is 0 Å². The molecule has 0 aliphatic rings. The molecule has 0 N–H and O–H groups in total. The van der Waals surface area contributed by atoms with Crippen molar-refractivity contribution in [1.29, 1.82) is 0 Å². The SMILES string of the molecule is COc1c(C(C)(C)C)ccccc1=O. The van der Waals surface area contributed by atoms with Crippen molar-refractivity contribution in [2.75, 3.05) is 7.11 Å². The molecule has 76 valence electrons. The topological polar surface area (TPSA) is 26.3 Å². The van der Waals surface area contributed by atoms with Gasteiger partial charge in [-0.05, 0) is 11.5 Å². The normalized spacial score (nSPS) is 11.1. The Morgan fingerprint density at radius 2 is 1.71 bits per heavy atom. The van der Waals surface area contributed by atoms with Crippen LogP contribution in [0.25, 0.3) is 0 Å². The highest BCUT2D eigenvalue weighted by Crippen LogP contribution is 2.27. The summed E-state index contributed by atoms with van der Waals surface area (Å²) in [7, 11) is 1.53. The van der Waals surface area contributed by atoms with Crippen LogP contribution in [0.3, 0.4) is 0 Å². The molecule has 0 amide bonds. The molecule has 0 aromatic heterocycles. The third-order valence-corrected chi connectivity index (χ3v) is 2.10. The summed E-state index contributed by atoms with van der Waals surface area (Å²) < 4.78 is 5.15. The Kier molecular flexibility index (Phi) is 2.94. The van der Waals surface area contributed by atoms with Gasteiger partial charge < -0.3 is 4.74 Å². The fraction of sp³-hybridized carbons (Fsp3) is 0.417. The second-order valence-electron chi connectivity index (χ2n) is 4.28. The van der Waals surface area contributed by atoms with E-state index in [0.29, 0.717) is 5.75 Å². The summed E-state index contributed by atoms with van der Waals surface area (Å²) in [6.07, 6.45) is 0. The van der Waals surface area contributed by atoms with E-state index in [9.17, 15) is 4.79 Å². The van der Waals surface area contributed by atoms with E-state index in [2.05, 4.69) is 20.8 Å². The van der Waals surface area contributed by atoms with Crippen LogP contribution in [0.4, 0.5) is 0 Å². The van der Waals surface area contributed by atoms with Gasteiger partial charge in [0.2, 0.25) is 5.43 Å². The molecule has 0 saturated carbocycles. The molecule has 1 rings (SSSR count). The maximum Gasteiger partial charge on any atom is 0.220 e. The summed E-state index contributed by atoms with van der Waals surface area (Å²) >= 11 is 0. The van der Waals surface area contributed by atoms with Gasteiger partial charge in [-0.15, -0.1) is 0 Å². The Hall–Kier alpha value is -1.31. The summed E-state index contributed by atoms with van der Waals surface area (Å²) in [5.41, 5.74) is 0.793. The first-order valence-electron chi connectivity index (χ1n) is 4.64. The van der Waals surface area contributed by atoms with Crippen molar-refractivity contribution in [1.82, 2.24) is 0 Å². The number of ether oxygens (including phenoxy) is 1. The second kappa shape index (κ2) is 3.82. The molecule has 0 aliphatic heterocycles. The van der Waals surface area contributed by atoms with Gasteiger partial charge in [-0.1, -0.05) is 39.0 Å². The van der Waals surface area contributed by atoms with E-state index in [1.807, 2.05) is 12.1 Å². The summed E-state index contributed by atoms with van der Waals surface area (Å²) in [4.78, 5) is 11.6. The fourth-order valence-corrected chi connectivity index (χ4v) is 1.38. The van der Waals surface area contributed by atoms with Gasteiger partial charge in [0.1, 0.15) is 0 Å². The molecule has 1 aromatic rings. The largest absolute Gasteiger partial charge is 0.492 e. The highest BCUT2D eigenvalue weighted by atomic mass is 16.5. The van der Waals surface area contributed by atoms with Crippen molar-refractivity contribution >= 4 is 0 Å². The minimum absolute atomic E-state index is 0.0672. The highest BCUT2D eigenvalue weighted by molar-refractivity contribution is 5.37. The van der Waals surface area contributed by atoms with Crippen molar-refractivity contribution in [3.8, 4) is 5.75 Å². The zero-order valence-corrected chi connectivity index (χ0v) is 9.13. The summed E-state index contributed by atoms with van der Waals surface area (Å²) in [6, 6.07) is 7.05. The molecule has 0 atom stereocenters. The second-order valence-corrected chi connectivity index (χ2v) is 4.28. The summed E-state index contributed by atoms with van der Waals surface area (Å²) in [5, 5.41) is 0. The molecule has 0 fully saturated rings. The zero-order chi connectivity index (χ0) is 10.8. The molecule has 14 heavy (non-hydrogen) atoms. The Morgan fingerprint density at radius 3 is 2.21 bits per heavy atom. The predicted octanol–water partition coefficient (Wildman–Crippen LogP) is 2.35. The Balaban J connectivity index is 3.52. The average Bonchev–Trinajstić information content (AvgIpc) is 2.25.